The summed E-state index contributed by atoms with van der Waals surface area (Å²) < 4.78 is 12.1. The third kappa shape index (κ3) is 6.10. The number of hydrogen-bond acceptors (Lipinski definition) is 6. The number of benzene rings is 3. The van der Waals surface area contributed by atoms with Gasteiger partial charge in [-0.1, -0.05) is 72.8 Å². The van der Waals surface area contributed by atoms with Crippen LogP contribution in [0.2, 0.25) is 0 Å². The van der Waals surface area contributed by atoms with Gasteiger partial charge in [-0.3, -0.25) is 4.79 Å². The Morgan fingerprint density at radius 3 is 2.33 bits per heavy atom. The topological polar surface area (TPSA) is 90.7 Å². The van der Waals surface area contributed by atoms with Gasteiger partial charge in [-0.25, -0.2) is 9.48 Å². The van der Waals surface area contributed by atoms with Crippen molar-refractivity contribution < 1.29 is 19.4 Å². The molecule has 0 radical (unpaired) electrons. The van der Waals surface area contributed by atoms with Gasteiger partial charge in [0.1, 0.15) is 5.75 Å². The molecule has 0 amide bonds. The smallest absolute Gasteiger partial charge is 0.344 e. The first-order valence-corrected chi connectivity index (χ1v) is 13.3. The minimum absolute atomic E-state index is 0.0727. The lowest BCUT2D eigenvalue weighted by molar-refractivity contribution is -0.145. The summed E-state index contributed by atoms with van der Waals surface area (Å²) in [4.78, 5) is 24.7. The Balaban J connectivity index is 1.40. The first kappa shape index (κ1) is 26.4. The van der Waals surface area contributed by atoms with Crippen LogP contribution in [0.5, 0.6) is 5.75 Å². The molecule has 0 bridgehead atoms. The van der Waals surface area contributed by atoms with Crippen molar-refractivity contribution in [2.24, 2.45) is 0 Å². The van der Waals surface area contributed by atoms with E-state index in [0.29, 0.717) is 31.6 Å². The number of carbonyl (C=O) groups excluding carboxylic acids is 1. The third-order valence-electron chi connectivity index (χ3n) is 7.13. The molecule has 1 heterocycles. The second kappa shape index (κ2) is 11.7. The predicted molar refractivity (Wildman–Crippen MR) is 148 cm³/mol. The Hall–Kier alpha value is -4.23. The van der Waals surface area contributed by atoms with Crippen LogP contribution in [0.3, 0.4) is 0 Å². The van der Waals surface area contributed by atoms with Crippen molar-refractivity contribution in [2.75, 3.05) is 13.2 Å². The van der Waals surface area contributed by atoms with Gasteiger partial charge in [-0.05, 0) is 54.2 Å². The Morgan fingerprint density at radius 2 is 1.67 bits per heavy atom. The number of ether oxygens (including phenoxy) is 2. The molecular weight excluding hydrogens is 492 g/mol. The fourth-order valence-electron chi connectivity index (χ4n) is 5.31. The highest BCUT2D eigenvalue weighted by molar-refractivity contribution is 5.71. The number of fused-ring (bicyclic) bond motifs is 1. The summed E-state index contributed by atoms with van der Waals surface area (Å²) in [7, 11) is 0. The molecule has 1 N–H and O–H groups in total. The highest BCUT2D eigenvalue weighted by atomic mass is 16.6. The van der Waals surface area contributed by atoms with Gasteiger partial charge in [0.2, 0.25) is 0 Å². The number of hydrogen-bond donors (Lipinski definition) is 1. The number of carbonyl (C=O) groups is 1. The lowest BCUT2D eigenvalue weighted by Gasteiger charge is -2.34. The van der Waals surface area contributed by atoms with Crippen LogP contribution in [-0.4, -0.2) is 39.7 Å². The molecule has 0 aliphatic heterocycles. The second-order valence-electron chi connectivity index (χ2n) is 9.90. The van der Waals surface area contributed by atoms with E-state index in [4.69, 9.17) is 14.6 Å². The summed E-state index contributed by atoms with van der Waals surface area (Å²) in [6.07, 6.45) is 1.33. The number of aromatic nitrogens is 2. The molecule has 0 saturated carbocycles. The molecule has 1 aliphatic carbocycles. The molecule has 1 aliphatic rings. The van der Waals surface area contributed by atoms with E-state index in [9.17, 15) is 14.7 Å². The summed E-state index contributed by atoms with van der Waals surface area (Å²) >= 11 is 0. The van der Waals surface area contributed by atoms with E-state index in [0.717, 1.165) is 27.9 Å². The first-order valence-electron chi connectivity index (χ1n) is 13.3. The van der Waals surface area contributed by atoms with Crippen LogP contribution in [0.25, 0.3) is 0 Å². The summed E-state index contributed by atoms with van der Waals surface area (Å²) in [6.45, 7) is 1.96. The molecule has 1 atom stereocenters. The molecule has 0 fully saturated rings. The monoisotopic (exact) mass is 524 g/mol. The van der Waals surface area contributed by atoms with Gasteiger partial charge in [0.25, 0.3) is 5.56 Å². The van der Waals surface area contributed by atoms with Gasteiger partial charge >= 0.3 is 5.97 Å². The fourth-order valence-corrected chi connectivity index (χ4v) is 5.31. The van der Waals surface area contributed by atoms with E-state index in [1.54, 1.807) is 13.0 Å². The van der Waals surface area contributed by atoms with Gasteiger partial charge in [-0.15, -0.1) is 0 Å². The molecule has 3 aromatic carbocycles. The van der Waals surface area contributed by atoms with E-state index in [1.807, 2.05) is 54.6 Å². The van der Waals surface area contributed by atoms with E-state index >= 15 is 0 Å². The number of rotatable bonds is 9. The molecular formula is C32H32N2O5. The summed E-state index contributed by atoms with van der Waals surface area (Å²) in [5, 5.41) is 16.4. The van der Waals surface area contributed by atoms with Gasteiger partial charge in [0, 0.05) is 12.5 Å². The maximum Gasteiger partial charge on any atom is 0.344 e. The maximum absolute atomic E-state index is 12.9. The molecule has 200 valence electrons. The van der Waals surface area contributed by atoms with E-state index in [1.165, 1.54) is 10.7 Å². The highest BCUT2D eigenvalue weighted by Crippen LogP contribution is 2.35. The molecule has 1 aromatic heterocycles. The van der Waals surface area contributed by atoms with Crippen LogP contribution in [0.15, 0.2) is 95.8 Å². The van der Waals surface area contributed by atoms with E-state index < -0.39 is 11.6 Å². The van der Waals surface area contributed by atoms with Gasteiger partial charge in [0.15, 0.2) is 6.61 Å². The quantitative estimate of drug-likeness (QED) is 0.329. The molecule has 7 nitrogen and oxygen atoms in total. The molecule has 0 saturated heterocycles. The standard InChI is InChI=1S/C32H32N2O5/c1-2-38-30(36)21-39-28-15-9-14-25-20-32(37,19-18-26(25)28)22-34-29(35)17-16-27(33-34)31(23-10-5-3-6-11-23)24-12-7-4-8-13-24/h3-17,31,37H,2,18-22H2,1H3. The molecule has 7 heteroatoms. The first-order chi connectivity index (χ1) is 19.0. The molecule has 39 heavy (non-hydrogen) atoms. The highest BCUT2D eigenvalue weighted by Gasteiger charge is 2.35. The van der Waals surface area contributed by atoms with Gasteiger partial charge < -0.3 is 14.6 Å². The number of nitrogens with zero attached hydrogens (tertiary/aromatic N) is 2. The van der Waals surface area contributed by atoms with Crippen LogP contribution in [0.4, 0.5) is 0 Å². The van der Waals surface area contributed by atoms with Crippen molar-refractivity contribution in [3.05, 3.63) is 129 Å². The predicted octanol–water partition coefficient (Wildman–Crippen LogP) is 4.29. The third-order valence-corrected chi connectivity index (χ3v) is 7.13. The molecule has 0 spiro atoms. The zero-order valence-electron chi connectivity index (χ0n) is 22.0. The number of esters is 1. The van der Waals surface area contributed by atoms with Crippen LogP contribution in [-0.2, 0) is 28.9 Å². The lowest BCUT2D eigenvalue weighted by Crippen LogP contribution is -2.43. The van der Waals surface area contributed by atoms with Crippen LogP contribution in [0.1, 0.15) is 47.2 Å². The van der Waals surface area contributed by atoms with Gasteiger partial charge in [0.05, 0.1) is 30.4 Å². The largest absolute Gasteiger partial charge is 0.482 e. The zero-order chi connectivity index (χ0) is 27.2. The van der Waals surface area contributed by atoms with Crippen LogP contribution < -0.4 is 10.3 Å². The summed E-state index contributed by atoms with van der Waals surface area (Å²) in [5.74, 6) is 0.0468. The van der Waals surface area contributed by atoms with E-state index in [-0.39, 0.29) is 24.6 Å². The fraction of sp³-hybridized carbons (Fsp3) is 0.281. The normalized spacial score (nSPS) is 16.5. The Kier molecular flexibility index (Phi) is 7.89. The molecule has 4 aromatic rings. The van der Waals surface area contributed by atoms with E-state index in [2.05, 4.69) is 24.3 Å². The zero-order valence-corrected chi connectivity index (χ0v) is 22.0. The Morgan fingerprint density at radius 1 is 0.974 bits per heavy atom. The van der Waals surface area contributed by atoms with Crippen LogP contribution >= 0.6 is 0 Å². The second-order valence-corrected chi connectivity index (χ2v) is 9.90. The molecule has 1 unspecified atom stereocenters. The summed E-state index contributed by atoms with van der Waals surface area (Å²) in [5.41, 5.74) is 3.36. The SMILES string of the molecule is CCOC(=O)COc1cccc2c1CCC(O)(Cn1nc(C(c3ccccc3)c3ccccc3)ccc1=O)C2. The Labute approximate surface area is 227 Å². The maximum atomic E-state index is 12.9. The van der Waals surface area contributed by atoms with Crippen molar-refractivity contribution in [1.82, 2.24) is 9.78 Å². The average Bonchev–Trinajstić information content (AvgIpc) is 2.95. The number of aliphatic hydroxyl groups is 1. The minimum Gasteiger partial charge on any atom is -0.482 e. The lowest BCUT2D eigenvalue weighted by atomic mass is 9.80. The van der Waals surface area contributed by atoms with Crippen molar-refractivity contribution >= 4 is 5.97 Å². The average molecular weight is 525 g/mol. The van der Waals surface area contributed by atoms with Crippen molar-refractivity contribution in [2.45, 2.75) is 44.2 Å². The van der Waals surface area contributed by atoms with Crippen molar-refractivity contribution in [3.63, 3.8) is 0 Å². The van der Waals surface area contributed by atoms with Gasteiger partial charge in [-0.2, -0.15) is 5.10 Å². The van der Waals surface area contributed by atoms with Crippen molar-refractivity contribution in [1.29, 1.82) is 0 Å². The minimum atomic E-state index is -1.16. The summed E-state index contributed by atoms with van der Waals surface area (Å²) in [6, 6.07) is 29.1. The van der Waals surface area contributed by atoms with Crippen molar-refractivity contribution in [3.8, 4) is 5.75 Å². The molecule has 5 rings (SSSR count). The Bertz CT molecular complexity index is 1450. The van der Waals surface area contributed by atoms with Crippen LogP contribution in [0, 0.1) is 0 Å².